The minimum Gasteiger partial charge on any atom is -0.207 e. The van der Waals surface area contributed by atoms with Gasteiger partial charge in [0.05, 0.1) is 0 Å². The first-order valence-corrected chi connectivity index (χ1v) is 15.7. The molecule has 0 aromatic heterocycles. The Bertz CT molecular complexity index is 1120. The molecule has 0 bridgehead atoms. The molecule has 0 heterocycles. The Morgan fingerprint density at radius 3 is 0.705 bits per heavy atom. The van der Waals surface area contributed by atoms with Crippen molar-refractivity contribution in [2.24, 2.45) is 0 Å². The Hall–Kier alpha value is -3.40. The van der Waals surface area contributed by atoms with Crippen LogP contribution in [0.25, 0.3) is 0 Å². The lowest BCUT2D eigenvalue weighted by atomic mass is 10.1. The van der Waals surface area contributed by atoms with E-state index in [1.54, 1.807) is 77.9 Å². The van der Waals surface area contributed by atoms with Gasteiger partial charge >= 0.3 is 0 Å². The minimum atomic E-state index is -0.124. The van der Waals surface area contributed by atoms with Gasteiger partial charge in [-0.25, -0.2) is 17.6 Å². The van der Waals surface area contributed by atoms with Crippen LogP contribution in [0.5, 0.6) is 0 Å². The first kappa shape index (κ1) is 47.5. The molecule has 0 fully saturated rings. The quantitative estimate of drug-likeness (QED) is 0.172. The zero-order chi connectivity index (χ0) is 35.4. The topological polar surface area (TPSA) is 0 Å². The summed E-state index contributed by atoms with van der Waals surface area (Å²) in [5.74, 6) is -0.420. The SMILES string of the molecule is CC.CC.CC.CC.Cc1ccc(F)c(C)c1.Cc1ccc(F)c(C)c1.Cc1cccc(C)c1F.Cc1cccc(C)c1F. The van der Waals surface area contributed by atoms with E-state index in [9.17, 15) is 17.6 Å². The summed E-state index contributed by atoms with van der Waals surface area (Å²) in [5, 5.41) is 0. The van der Waals surface area contributed by atoms with E-state index >= 15 is 0 Å². The highest BCUT2D eigenvalue weighted by Gasteiger charge is 1.98. The van der Waals surface area contributed by atoms with Crippen LogP contribution in [-0.4, -0.2) is 0 Å². The van der Waals surface area contributed by atoms with Gasteiger partial charge in [-0.15, -0.1) is 0 Å². The van der Waals surface area contributed by atoms with Crippen molar-refractivity contribution in [3.8, 4) is 0 Å². The van der Waals surface area contributed by atoms with Crippen molar-refractivity contribution in [2.45, 2.75) is 111 Å². The molecule has 0 radical (unpaired) electrons. The Morgan fingerprint density at radius 2 is 0.545 bits per heavy atom. The normalized spacial score (nSPS) is 8.45. The molecule has 0 saturated heterocycles. The zero-order valence-electron chi connectivity index (χ0n) is 30.4. The van der Waals surface area contributed by atoms with Gasteiger partial charge in [-0.1, -0.05) is 127 Å². The van der Waals surface area contributed by atoms with Gasteiger partial charge < -0.3 is 0 Å². The van der Waals surface area contributed by atoms with E-state index in [0.29, 0.717) is 0 Å². The highest BCUT2D eigenvalue weighted by molar-refractivity contribution is 5.25. The molecule has 0 aliphatic rings. The van der Waals surface area contributed by atoms with Gasteiger partial charge in [0.25, 0.3) is 0 Å². The van der Waals surface area contributed by atoms with Crippen LogP contribution >= 0.6 is 0 Å². The van der Waals surface area contributed by atoms with Crippen LogP contribution in [0, 0.1) is 78.7 Å². The number of benzene rings is 4. The maximum absolute atomic E-state index is 12.7. The van der Waals surface area contributed by atoms with Crippen LogP contribution in [0.3, 0.4) is 0 Å². The molecule has 0 saturated carbocycles. The lowest BCUT2D eigenvalue weighted by Crippen LogP contribution is -1.84. The third-order valence-corrected chi connectivity index (χ3v) is 5.40. The minimum absolute atomic E-state index is 0.0856. The molecule has 0 nitrogen and oxygen atoms in total. The Labute approximate surface area is 268 Å². The number of aryl methyl sites for hydroxylation is 8. The molecule has 0 N–H and O–H groups in total. The molecule has 4 aromatic rings. The van der Waals surface area contributed by atoms with E-state index in [4.69, 9.17) is 0 Å². The monoisotopic (exact) mass is 616 g/mol. The summed E-state index contributed by atoms with van der Waals surface area (Å²) in [6.45, 7) is 30.5. The van der Waals surface area contributed by atoms with Crippen LogP contribution in [-0.2, 0) is 0 Å². The largest absolute Gasteiger partial charge is 0.207 e. The van der Waals surface area contributed by atoms with Gasteiger partial charge in [0.2, 0.25) is 0 Å². The maximum Gasteiger partial charge on any atom is 0.129 e. The summed E-state index contributed by atoms with van der Waals surface area (Å²) in [6.07, 6.45) is 0. The maximum atomic E-state index is 12.7. The predicted octanol–water partition coefficient (Wildman–Crippen LogP) is 13.9. The fourth-order valence-corrected chi connectivity index (χ4v) is 3.18. The molecule has 248 valence electrons. The predicted molar refractivity (Wildman–Crippen MR) is 189 cm³/mol. The van der Waals surface area contributed by atoms with Crippen molar-refractivity contribution in [1.82, 2.24) is 0 Å². The lowest BCUT2D eigenvalue weighted by Gasteiger charge is -1.96. The first-order chi connectivity index (χ1) is 20.8. The van der Waals surface area contributed by atoms with E-state index in [0.717, 1.165) is 44.5 Å². The summed E-state index contributed by atoms with van der Waals surface area (Å²) in [6, 6.07) is 20.9. The van der Waals surface area contributed by atoms with Crippen molar-refractivity contribution < 1.29 is 17.6 Å². The van der Waals surface area contributed by atoms with Gasteiger partial charge in [0, 0.05) is 0 Å². The Balaban J connectivity index is -0.000000225. The Morgan fingerprint density at radius 1 is 0.318 bits per heavy atom. The van der Waals surface area contributed by atoms with E-state index < -0.39 is 0 Å². The summed E-state index contributed by atoms with van der Waals surface area (Å²) < 4.78 is 50.5. The van der Waals surface area contributed by atoms with Crippen molar-refractivity contribution >= 4 is 0 Å². The molecule has 44 heavy (non-hydrogen) atoms. The van der Waals surface area contributed by atoms with Crippen molar-refractivity contribution in [2.75, 3.05) is 0 Å². The van der Waals surface area contributed by atoms with Crippen LogP contribution in [0.4, 0.5) is 17.6 Å². The fourth-order valence-electron chi connectivity index (χ4n) is 3.18. The first-order valence-electron chi connectivity index (χ1n) is 15.7. The third kappa shape index (κ3) is 21.3. The molecular formula is C40H60F4. The molecule has 0 atom stereocenters. The molecule has 0 unspecified atom stereocenters. The average Bonchev–Trinajstić information content (AvgIpc) is 3.03. The standard InChI is InChI=1S/4C8H9F.4C2H6/c2*1-6-3-4-8(9)7(2)5-6;2*1-6-4-3-5-7(2)8(6)9;4*1-2/h4*3-5H,1-2H3;4*1-2H3. The number of hydrogen-bond donors (Lipinski definition) is 0. The molecule has 4 heteroatoms. The molecule has 0 aliphatic carbocycles. The van der Waals surface area contributed by atoms with Gasteiger partial charge in [-0.2, -0.15) is 0 Å². The summed E-state index contributed by atoms with van der Waals surface area (Å²) >= 11 is 0. The lowest BCUT2D eigenvalue weighted by molar-refractivity contribution is 0.609. The van der Waals surface area contributed by atoms with Crippen molar-refractivity contribution in [1.29, 1.82) is 0 Å². The van der Waals surface area contributed by atoms with E-state index in [2.05, 4.69) is 0 Å². The van der Waals surface area contributed by atoms with Crippen molar-refractivity contribution in [3.63, 3.8) is 0 Å². The second-order valence-electron chi connectivity index (χ2n) is 8.92. The molecule has 0 spiro atoms. The fraction of sp³-hybridized carbons (Fsp3) is 0.400. The average molecular weight is 617 g/mol. The van der Waals surface area contributed by atoms with Gasteiger partial charge in [0.15, 0.2) is 0 Å². The molecule has 0 amide bonds. The highest BCUT2D eigenvalue weighted by atomic mass is 19.1. The molecule has 4 aromatic carbocycles. The smallest absolute Gasteiger partial charge is 0.129 e. The summed E-state index contributed by atoms with van der Waals surface area (Å²) in [5.41, 5.74) is 6.52. The molecular weight excluding hydrogens is 556 g/mol. The second-order valence-corrected chi connectivity index (χ2v) is 8.92. The Kier molecular flexibility index (Phi) is 32.0. The highest BCUT2D eigenvalue weighted by Crippen LogP contribution is 2.10. The van der Waals surface area contributed by atoms with Gasteiger partial charge in [0.1, 0.15) is 23.3 Å². The third-order valence-electron chi connectivity index (χ3n) is 5.40. The summed E-state index contributed by atoms with van der Waals surface area (Å²) in [7, 11) is 0. The van der Waals surface area contributed by atoms with Gasteiger partial charge in [-0.05, 0) is 101 Å². The van der Waals surface area contributed by atoms with Crippen molar-refractivity contribution in [3.05, 3.63) is 141 Å². The summed E-state index contributed by atoms with van der Waals surface area (Å²) in [4.78, 5) is 0. The molecule has 4 rings (SSSR count). The van der Waals surface area contributed by atoms with E-state index in [-0.39, 0.29) is 23.3 Å². The number of hydrogen-bond acceptors (Lipinski definition) is 0. The van der Waals surface area contributed by atoms with E-state index in [1.165, 1.54) is 12.1 Å². The van der Waals surface area contributed by atoms with Gasteiger partial charge in [-0.3, -0.25) is 0 Å². The van der Waals surface area contributed by atoms with E-state index in [1.807, 2.05) is 93.5 Å². The number of halogens is 4. The van der Waals surface area contributed by atoms with Crippen LogP contribution in [0.15, 0.2) is 72.8 Å². The second kappa shape index (κ2) is 29.7. The number of rotatable bonds is 0. The molecule has 0 aliphatic heterocycles. The van der Waals surface area contributed by atoms with Crippen LogP contribution < -0.4 is 0 Å². The zero-order valence-corrected chi connectivity index (χ0v) is 30.4. The van der Waals surface area contributed by atoms with Crippen LogP contribution in [0.2, 0.25) is 0 Å². The van der Waals surface area contributed by atoms with Crippen LogP contribution in [0.1, 0.15) is 99.9 Å².